The summed E-state index contributed by atoms with van der Waals surface area (Å²) < 4.78 is 5.43. The van der Waals surface area contributed by atoms with Crippen LogP contribution < -0.4 is 15.4 Å². The number of halogens is 1. The van der Waals surface area contributed by atoms with Crippen molar-refractivity contribution in [2.45, 2.75) is 32.4 Å². The molecule has 0 saturated carbocycles. The van der Waals surface area contributed by atoms with Gasteiger partial charge in [0.1, 0.15) is 5.75 Å². The number of aromatic amines is 1. The molecular weight excluding hydrogens is 467 g/mol. The Labute approximate surface area is 184 Å². The van der Waals surface area contributed by atoms with Crippen molar-refractivity contribution >= 4 is 29.9 Å². The second-order valence-corrected chi connectivity index (χ2v) is 6.69. The SMILES string of the molecule is CCNC(=NCc1ccn[nH]1)NCC(c1cccc(OC)c1)N1CCCC1.I. The van der Waals surface area contributed by atoms with Crippen LogP contribution in [0.3, 0.4) is 0 Å². The predicted molar refractivity (Wildman–Crippen MR) is 123 cm³/mol. The van der Waals surface area contributed by atoms with E-state index in [0.29, 0.717) is 12.6 Å². The van der Waals surface area contributed by atoms with E-state index in [-0.39, 0.29) is 24.0 Å². The van der Waals surface area contributed by atoms with E-state index in [1.54, 1.807) is 13.3 Å². The van der Waals surface area contributed by atoms with Crippen LogP contribution in [0.4, 0.5) is 0 Å². The Balaban J connectivity index is 0.00000280. The van der Waals surface area contributed by atoms with E-state index in [0.717, 1.165) is 43.6 Å². The van der Waals surface area contributed by atoms with Gasteiger partial charge in [-0.05, 0) is 56.6 Å². The molecule has 0 amide bonds. The quantitative estimate of drug-likeness (QED) is 0.297. The molecule has 1 aliphatic rings. The molecule has 1 unspecified atom stereocenters. The van der Waals surface area contributed by atoms with Crippen molar-refractivity contribution in [2.75, 3.05) is 33.3 Å². The average Bonchev–Trinajstić information content (AvgIpc) is 3.40. The highest BCUT2D eigenvalue weighted by Gasteiger charge is 2.24. The molecule has 0 spiro atoms. The van der Waals surface area contributed by atoms with E-state index in [1.807, 2.05) is 12.1 Å². The highest BCUT2D eigenvalue weighted by molar-refractivity contribution is 14.0. The molecule has 1 saturated heterocycles. The van der Waals surface area contributed by atoms with Gasteiger partial charge in [-0.25, -0.2) is 4.99 Å². The molecule has 7 nitrogen and oxygen atoms in total. The molecule has 3 rings (SSSR count). The third-order valence-corrected chi connectivity index (χ3v) is 4.83. The lowest BCUT2D eigenvalue weighted by atomic mass is 10.1. The zero-order chi connectivity index (χ0) is 18.9. The van der Waals surface area contributed by atoms with Gasteiger partial charge in [-0.2, -0.15) is 5.10 Å². The Morgan fingerprint density at radius 3 is 2.79 bits per heavy atom. The number of ether oxygens (including phenoxy) is 1. The topological polar surface area (TPSA) is 77.6 Å². The van der Waals surface area contributed by atoms with Crippen molar-refractivity contribution < 1.29 is 4.74 Å². The summed E-state index contributed by atoms with van der Waals surface area (Å²) in [5.74, 6) is 1.72. The summed E-state index contributed by atoms with van der Waals surface area (Å²) in [4.78, 5) is 7.20. The molecular formula is C20H31IN6O. The maximum atomic E-state index is 5.43. The van der Waals surface area contributed by atoms with Gasteiger partial charge >= 0.3 is 0 Å². The normalized spacial score (nSPS) is 15.7. The van der Waals surface area contributed by atoms with Crippen LogP contribution in [0.1, 0.15) is 37.1 Å². The number of benzene rings is 1. The van der Waals surface area contributed by atoms with Crippen molar-refractivity contribution in [3.8, 4) is 5.75 Å². The van der Waals surface area contributed by atoms with Gasteiger partial charge in [-0.15, -0.1) is 24.0 Å². The number of hydrogen-bond donors (Lipinski definition) is 3. The molecule has 2 heterocycles. The molecule has 2 aromatic rings. The van der Waals surface area contributed by atoms with Crippen molar-refractivity contribution in [1.29, 1.82) is 0 Å². The fourth-order valence-corrected chi connectivity index (χ4v) is 3.43. The summed E-state index contributed by atoms with van der Waals surface area (Å²) in [6, 6.07) is 10.6. The number of methoxy groups -OCH3 is 1. The van der Waals surface area contributed by atoms with Crippen molar-refractivity contribution in [2.24, 2.45) is 4.99 Å². The fourth-order valence-electron chi connectivity index (χ4n) is 3.43. The number of guanidine groups is 1. The standard InChI is InChI=1S/C20H30N6O.HI/c1-3-21-20(22-14-17-9-10-24-25-17)23-15-19(26-11-4-5-12-26)16-7-6-8-18(13-16)27-2;/h6-10,13,19H,3-5,11-12,14-15H2,1-2H3,(H,24,25)(H2,21,22,23);1H. The first kappa shape index (κ1) is 22.5. The minimum absolute atomic E-state index is 0. The van der Waals surface area contributed by atoms with Gasteiger partial charge in [-0.3, -0.25) is 10.00 Å². The molecule has 1 aromatic heterocycles. The molecule has 8 heteroatoms. The van der Waals surface area contributed by atoms with E-state index in [1.165, 1.54) is 18.4 Å². The molecule has 0 bridgehead atoms. The Morgan fingerprint density at radius 1 is 1.29 bits per heavy atom. The van der Waals surface area contributed by atoms with E-state index in [4.69, 9.17) is 4.74 Å². The number of aromatic nitrogens is 2. The smallest absolute Gasteiger partial charge is 0.191 e. The lowest BCUT2D eigenvalue weighted by Gasteiger charge is -2.29. The lowest BCUT2D eigenvalue weighted by Crippen LogP contribution is -2.42. The van der Waals surface area contributed by atoms with Crippen molar-refractivity contribution in [3.05, 3.63) is 47.8 Å². The zero-order valence-corrected chi connectivity index (χ0v) is 19.0. The van der Waals surface area contributed by atoms with Crippen LogP contribution in [-0.4, -0.2) is 54.3 Å². The van der Waals surface area contributed by atoms with Gasteiger partial charge in [0.05, 0.1) is 25.4 Å². The van der Waals surface area contributed by atoms with Crippen LogP contribution in [0.5, 0.6) is 5.75 Å². The summed E-state index contributed by atoms with van der Waals surface area (Å²) in [6.07, 6.45) is 4.26. The number of nitrogens with zero attached hydrogens (tertiary/aromatic N) is 3. The van der Waals surface area contributed by atoms with Gasteiger partial charge < -0.3 is 15.4 Å². The molecule has 1 aliphatic heterocycles. The number of H-pyrrole nitrogens is 1. The summed E-state index contributed by atoms with van der Waals surface area (Å²) >= 11 is 0. The largest absolute Gasteiger partial charge is 0.497 e. The van der Waals surface area contributed by atoms with Crippen LogP contribution in [0.25, 0.3) is 0 Å². The fraction of sp³-hybridized carbons (Fsp3) is 0.500. The minimum Gasteiger partial charge on any atom is -0.497 e. The molecule has 154 valence electrons. The highest BCUT2D eigenvalue weighted by atomic mass is 127. The van der Waals surface area contributed by atoms with Gasteiger partial charge in [0.25, 0.3) is 0 Å². The number of nitrogens with one attached hydrogen (secondary N) is 3. The second kappa shape index (κ2) is 11.9. The summed E-state index contributed by atoms with van der Waals surface area (Å²) in [5.41, 5.74) is 2.27. The maximum Gasteiger partial charge on any atom is 0.191 e. The Morgan fingerprint density at radius 2 is 2.11 bits per heavy atom. The van der Waals surface area contributed by atoms with Gasteiger partial charge in [0.2, 0.25) is 0 Å². The zero-order valence-electron chi connectivity index (χ0n) is 16.6. The number of aliphatic imine (C=N–C) groups is 1. The summed E-state index contributed by atoms with van der Waals surface area (Å²) in [5, 5.41) is 13.8. The van der Waals surface area contributed by atoms with Gasteiger partial charge in [0, 0.05) is 19.3 Å². The van der Waals surface area contributed by atoms with Crippen molar-refractivity contribution in [3.63, 3.8) is 0 Å². The van der Waals surface area contributed by atoms with Crippen LogP contribution in [-0.2, 0) is 6.54 Å². The van der Waals surface area contributed by atoms with Crippen LogP contribution in [0, 0.1) is 0 Å². The predicted octanol–water partition coefficient (Wildman–Crippen LogP) is 2.93. The Kier molecular flexibility index (Phi) is 9.56. The molecule has 1 atom stereocenters. The highest BCUT2D eigenvalue weighted by Crippen LogP contribution is 2.27. The van der Waals surface area contributed by atoms with Gasteiger partial charge in [-0.1, -0.05) is 12.1 Å². The Bertz CT molecular complexity index is 715. The van der Waals surface area contributed by atoms with Gasteiger partial charge in [0.15, 0.2) is 5.96 Å². The first-order chi connectivity index (χ1) is 13.3. The van der Waals surface area contributed by atoms with Crippen LogP contribution in [0.15, 0.2) is 41.5 Å². The monoisotopic (exact) mass is 498 g/mol. The van der Waals surface area contributed by atoms with E-state index >= 15 is 0 Å². The molecule has 0 radical (unpaired) electrons. The number of hydrogen-bond acceptors (Lipinski definition) is 4. The van der Waals surface area contributed by atoms with E-state index < -0.39 is 0 Å². The molecule has 1 aromatic carbocycles. The third-order valence-electron chi connectivity index (χ3n) is 4.83. The Hall–Kier alpha value is -1.81. The second-order valence-electron chi connectivity index (χ2n) is 6.69. The van der Waals surface area contributed by atoms with Crippen LogP contribution >= 0.6 is 24.0 Å². The van der Waals surface area contributed by atoms with E-state index in [2.05, 4.69) is 55.8 Å². The van der Waals surface area contributed by atoms with Crippen LogP contribution in [0.2, 0.25) is 0 Å². The first-order valence-electron chi connectivity index (χ1n) is 9.68. The first-order valence-corrected chi connectivity index (χ1v) is 9.68. The average molecular weight is 498 g/mol. The van der Waals surface area contributed by atoms with E-state index in [9.17, 15) is 0 Å². The molecule has 1 fully saturated rings. The molecule has 3 N–H and O–H groups in total. The maximum absolute atomic E-state index is 5.43. The minimum atomic E-state index is 0. The number of rotatable bonds is 8. The number of likely N-dealkylation sites (tertiary alicyclic amines) is 1. The third kappa shape index (κ3) is 6.37. The molecule has 0 aliphatic carbocycles. The lowest BCUT2D eigenvalue weighted by molar-refractivity contribution is 0.245. The molecule has 28 heavy (non-hydrogen) atoms. The summed E-state index contributed by atoms with van der Waals surface area (Å²) in [6.45, 7) is 6.53. The summed E-state index contributed by atoms with van der Waals surface area (Å²) in [7, 11) is 1.72. The van der Waals surface area contributed by atoms with Crippen molar-refractivity contribution in [1.82, 2.24) is 25.7 Å².